The number of halogens is 2. The van der Waals surface area contributed by atoms with E-state index in [-0.39, 0.29) is 0 Å². The summed E-state index contributed by atoms with van der Waals surface area (Å²) in [5.41, 5.74) is 7.35. The minimum Gasteiger partial charge on any atom is -0.330 e. The Bertz CT molecular complexity index is 767. The van der Waals surface area contributed by atoms with Crippen molar-refractivity contribution in [3.63, 3.8) is 0 Å². The summed E-state index contributed by atoms with van der Waals surface area (Å²) in [5, 5.41) is 0. The molecule has 0 aliphatic heterocycles. The van der Waals surface area contributed by atoms with Crippen LogP contribution in [0.5, 0.6) is 0 Å². The number of fused-ring (bicyclic) bond motifs is 1. The molecule has 0 saturated heterocycles. The average molecular weight is 274 g/mol. The molecule has 0 saturated carbocycles. The maximum absolute atomic E-state index is 13.4. The van der Waals surface area contributed by atoms with E-state index in [1.165, 1.54) is 6.07 Å². The van der Waals surface area contributed by atoms with Crippen LogP contribution in [0.15, 0.2) is 36.5 Å². The van der Waals surface area contributed by atoms with E-state index in [0.29, 0.717) is 35.6 Å². The van der Waals surface area contributed by atoms with Crippen molar-refractivity contribution in [2.75, 3.05) is 6.54 Å². The van der Waals surface area contributed by atoms with Gasteiger partial charge in [0.1, 0.15) is 11.3 Å². The van der Waals surface area contributed by atoms with Gasteiger partial charge in [-0.15, -0.1) is 0 Å². The highest BCUT2D eigenvalue weighted by molar-refractivity contribution is 5.73. The Morgan fingerprint density at radius 3 is 2.75 bits per heavy atom. The van der Waals surface area contributed by atoms with Gasteiger partial charge in [0, 0.05) is 18.7 Å². The third-order valence-electron chi connectivity index (χ3n) is 3.01. The monoisotopic (exact) mass is 274 g/mol. The molecule has 4 nitrogen and oxygen atoms in total. The number of nitrogens with zero attached hydrogens (tertiary/aromatic N) is 3. The summed E-state index contributed by atoms with van der Waals surface area (Å²) in [5.74, 6) is -1.11. The lowest BCUT2D eigenvalue weighted by Crippen LogP contribution is -2.09. The first-order valence-electron chi connectivity index (χ1n) is 6.18. The number of hydrogen-bond donors (Lipinski definition) is 1. The van der Waals surface area contributed by atoms with Gasteiger partial charge in [-0.25, -0.2) is 18.7 Å². The maximum Gasteiger partial charge on any atom is 0.164 e. The summed E-state index contributed by atoms with van der Waals surface area (Å²) in [4.78, 5) is 8.69. The Kier molecular flexibility index (Phi) is 3.15. The summed E-state index contributed by atoms with van der Waals surface area (Å²) in [6.07, 6.45) is 2.15. The maximum atomic E-state index is 13.4. The van der Waals surface area contributed by atoms with Gasteiger partial charge in [-0.05, 0) is 30.8 Å². The number of benzene rings is 1. The first-order valence-corrected chi connectivity index (χ1v) is 6.18. The van der Waals surface area contributed by atoms with Crippen LogP contribution in [-0.2, 0) is 6.42 Å². The van der Waals surface area contributed by atoms with Crippen molar-refractivity contribution in [2.24, 2.45) is 5.73 Å². The SMILES string of the molecule is NCCc1nc2cccnc2n1-c1ccc(F)c(F)c1. The van der Waals surface area contributed by atoms with Crippen LogP contribution in [0.3, 0.4) is 0 Å². The summed E-state index contributed by atoms with van der Waals surface area (Å²) in [6.45, 7) is 0.410. The molecule has 1 aromatic carbocycles. The number of hydrogen-bond acceptors (Lipinski definition) is 3. The molecule has 2 heterocycles. The number of nitrogens with two attached hydrogens (primary N) is 1. The largest absolute Gasteiger partial charge is 0.330 e. The van der Waals surface area contributed by atoms with Crippen molar-refractivity contribution in [3.05, 3.63) is 54.0 Å². The molecular formula is C14H12F2N4. The van der Waals surface area contributed by atoms with Crippen molar-refractivity contribution in [2.45, 2.75) is 6.42 Å². The average Bonchev–Trinajstić information content (AvgIpc) is 2.80. The lowest BCUT2D eigenvalue weighted by Gasteiger charge is -2.08. The molecule has 0 spiro atoms. The van der Waals surface area contributed by atoms with E-state index in [0.717, 1.165) is 12.1 Å². The van der Waals surface area contributed by atoms with E-state index in [1.54, 1.807) is 16.8 Å². The molecule has 3 aromatic rings. The smallest absolute Gasteiger partial charge is 0.164 e. The molecule has 0 aliphatic rings. The van der Waals surface area contributed by atoms with Gasteiger partial charge in [0.25, 0.3) is 0 Å². The highest BCUT2D eigenvalue weighted by atomic mass is 19.2. The molecule has 0 unspecified atom stereocenters. The fraction of sp³-hybridized carbons (Fsp3) is 0.143. The molecule has 0 bridgehead atoms. The number of imidazole rings is 1. The first-order chi connectivity index (χ1) is 9.70. The van der Waals surface area contributed by atoms with E-state index in [4.69, 9.17) is 5.73 Å². The van der Waals surface area contributed by atoms with E-state index in [9.17, 15) is 8.78 Å². The molecule has 2 aromatic heterocycles. The summed E-state index contributed by atoms with van der Waals surface area (Å²) >= 11 is 0. The zero-order valence-electron chi connectivity index (χ0n) is 10.6. The van der Waals surface area contributed by atoms with Gasteiger partial charge in [-0.1, -0.05) is 0 Å². The van der Waals surface area contributed by atoms with Gasteiger partial charge in [0.2, 0.25) is 0 Å². The lowest BCUT2D eigenvalue weighted by molar-refractivity contribution is 0.508. The van der Waals surface area contributed by atoms with Crippen molar-refractivity contribution >= 4 is 11.2 Å². The molecule has 2 N–H and O–H groups in total. The van der Waals surface area contributed by atoms with Crippen LogP contribution in [0.25, 0.3) is 16.9 Å². The normalized spacial score (nSPS) is 11.2. The minimum absolute atomic E-state index is 0.410. The van der Waals surface area contributed by atoms with Gasteiger partial charge in [-0.3, -0.25) is 4.57 Å². The topological polar surface area (TPSA) is 56.7 Å². The summed E-state index contributed by atoms with van der Waals surface area (Å²) < 4.78 is 28.2. The van der Waals surface area contributed by atoms with E-state index >= 15 is 0 Å². The van der Waals surface area contributed by atoms with Crippen LogP contribution in [0, 0.1) is 11.6 Å². The Morgan fingerprint density at radius 1 is 1.15 bits per heavy atom. The Labute approximate surface area is 113 Å². The van der Waals surface area contributed by atoms with Crippen LogP contribution < -0.4 is 5.73 Å². The van der Waals surface area contributed by atoms with Crippen LogP contribution in [0.4, 0.5) is 8.78 Å². The molecule has 20 heavy (non-hydrogen) atoms. The van der Waals surface area contributed by atoms with Crippen molar-refractivity contribution in [3.8, 4) is 5.69 Å². The van der Waals surface area contributed by atoms with Crippen LogP contribution in [0.1, 0.15) is 5.82 Å². The van der Waals surface area contributed by atoms with Gasteiger partial charge in [-0.2, -0.15) is 0 Å². The number of rotatable bonds is 3. The van der Waals surface area contributed by atoms with E-state index in [2.05, 4.69) is 9.97 Å². The quantitative estimate of drug-likeness (QED) is 0.796. The zero-order chi connectivity index (χ0) is 14.1. The predicted molar refractivity (Wildman–Crippen MR) is 71.5 cm³/mol. The van der Waals surface area contributed by atoms with Crippen molar-refractivity contribution in [1.82, 2.24) is 14.5 Å². The number of aromatic nitrogens is 3. The van der Waals surface area contributed by atoms with Crippen LogP contribution >= 0.6 is 0 Å². The second-order valence-corrected chi connectivity index (χ2v) is 4.35. The molecule has 0 fully saturated rings. The van der Waals surface area contributed by atoms with Crippen molar-refractivity contribution in [1.29, 1.82) is 0 Å². The Hall–Kier alpha value is -2.34. The van der Waals surface area contributed by atoms with Crippen LogP contribution in [-0.4, -0.2) is 21.1 Å². The van der Waals surface area contributed by atoms with E-state index in [1.807, 2.05) is 6.07 Å². The first kappa shape index (κ1) is 12.7. The fourth-order valence-electron chi connectivity index (χ4n) is 2.15. The molecule has 3 rings (SSSR count). The second-order valence-electron chi connectivity index (χ2n) is 4.35. The molecule has 0 atom stereocenters. The zero-order valence-corrected chi connectivity index (χ0v) is 10.6. The highest BCUT2D eigenvalue weighted by Crippen LogP contribution is 2.21. The van der Waals surface area contributed by atoms with Crippen molar-refractivity contribution < 1.29 is 8.78 Å². The number of pyridine rings is 1. The standard InChI is InChI=1S/C14H12F2N4/c15-10-4-3-9(8-11(10)16)20-13(5-6-17)19-12-2-1-7-18-14(12)20/h1-4,7-8H,5-6,17H2. The predicted octanol–water partition coefficient (Wildman–Crippen LogP) is 2.20. The van der Waals surface area contributed by atoms with Gasteiger partial charge in [0.15, 0.2) is 17.3 Å². The molecule has 0 radical (unpaired) electrons. The molecule has 0 amide bonds. The van der Waals surface area contributed by atoms with Gasteiger partial charge in [0.05, 0.1) is 5.69 Å². The fourth-order valence-corrected chi connectivity index (χ4v) is 2.15. The molecule has 0 aliphatic carbocycles. The van der Waals surface area contributed by atoms with Crippen LogP contribution in [0.2, 0.25) is 0 Å². The van der Waals surface area contributed by atoms with E-state index < -0.39 is 11.6 Å². The summed E-state index contributed by atoms with van der Waals surface area (Å²) in [7, 11) is 0. The molecular weight excluding hydrogens is 262 g/mol. The summed E-state index contributed by atoms with van der Waals surface area (Å²) in [6, 6.07) is 7.31. The third-order valence-corrected chi connectivity index (χ3v) is 3.01. The van der Waals surface area contributed by atoms with Gasteiger partial charge < -0.3 is 5.73 Å². The second kappa shape index (κ2) is 4.97. The Balaban J connectivity index is 2.26. The lowest BCUT2D eigenvalue weighted by atomic mass is 10.3. The Morgan fingerprint density at radius 2 is 2.00 bits per heavy atom. The minimum atomic E-state index is -0.904. The molecule has 6 heteroatoms. The van der Waals surface area contributed by atoms with Gasteiger partial charge >= 0.3 is 0 Å². The molecule has 102 valence electrons. The highest BCUT2D eigenvalue weighted by Gasteiger charge is 2.14. The third kappa shape index (κ3) is 2.04.